The Balaban J connectivity index is 1.53. The lowest BCUT2D eigenvalue weighted by Gasteiger charge is -2.30. The Morgan fingerprint density at radius 2 is 1.68 bits per heavy atom. The zero-order valence-electron chi connectivity index (χ0n) is 19.2. The van der Waals surface area contributed by atoms with Crippen molar-refractivity contribution in [2.75, 3.05) is 12.9 Å². The molecule has 1 unspecified atom stereocenters. The highest BCUT2D eigenvalue weighted by Gasteiger charge is 2.58. The summed E-state index contributed by atoms with van der Waals surface area (Å²) in [5.74, 6) is -1.52. The molecule has 4 rings (SSSR count). The van der Waals surface area contributed by atoms with Crippen LogP contribution in [0.2, 0.25) is 0 Å². The van der Waals surface area contributed by atoms with E-state index in [1.807, 2.05) is 30.3 Å². The highest BCUT2D eigenvalue weighted by Crippen LogP contribution is 2.40. The summed E-state index contributed by atoms with van der Waals surface area (Å²) in [6.45, 7) is 3.36. The molecule has 0 aromatic heterocycles. The van der Waals surface area contributed by atoms with Gasteiger partial charge < -0.3 is 23.7 Å². The van der Waals surface area contributed by atoms with Crippen molar-refractivity contribution in [3.8, 4) is 0 Å². The molecule has 0 radical (unpaired) electrons. The van der Waals surface area contributed by atoms with Gasteiger partial charge in [0.05, 0.1) is 18.4 Å². The molecule has 2 fully saturated rings. The fourth-order valence-electron chi connectivity index (χ4n) is 3.98. The van der Waals surface area contributed by atoms with E-state index in [-0.39, 0.29) is 13.2 Å². The molecule has 0 spiro atoms. The Labute approximate surface area is 199 Å². The predicted molar refractivity (Wildman–Crippen MR) is 120 cm³/mol. The number of carbonyl (C=O) groups excluding carboxylic acids is 1. The van der Waals surface area contributed by atoms with Crippen LogP contribution >= 0.6 is 0 Å². The number of rotatable bonds is 9. The highest BCUT2D eigenvalue weighted by atomic mass is 32.2. The van der Waals surface area contributed by atoms with Crippen LogP contribution in [0.4, 0.5) is 0 Å². The summed E-state index contributed by atoms with van der Waals surface area (Å²) in [7, 11) is -3.92. The Kier molecular flexibility index (Phi) is 7.36. The summed E-state index contributed by atoms with van der Waals surface area (Å²) < 4.78 is 58.7. The van der Waals surface area contributed by atoms with Crippen molar-refractivity contribution in [1.82, 2.24) is 0 Å². The summed E-state index contributed by atoms with van der Waals surface area (Å²) in [4.78, 5) is 12.5. The van der Waals surface area contributed by atoms with E-state index >= 15 is 0 Å². The van der Waals surface area contributed by atoms with Crippen LogP contribution in [0.15, 0.2) is 60.7 Å². The molecule has 34 heavy (non-hydrogen) atoms. The zero-order valence-corrected chi connectivity index (χ0v) is 20.0. The number of ether oxygens (including phenoxy) is 5. The van der Waals surface area contributed by atoms with Crippen LogP contribution in [-0.4, -0.2) is 63.7 Å². The topological polar surface area (TPSA) is 107 Å². The second kappa shape index (κ2) is 10.1. The first-order valence-electron chi connectivity index (χ1n) is 10.9. The number of esters is 1. The van der Waals surface area contributed by atoms with E-state index in [9.17, 15) is 13.2 Å². The number of benzene rings is 2. The Bertz CT molecular complexity index is 1070. The van der Waals surface area contributed by atoms with Crippen molar-refractivity contribution < 1.29 is 41.1 Å². The van der Waals surface area contributed by atoms with Gasteiger partial charge in [0.1, 0.15) is 31.0 Å². The minimum absolute atomic E-state index is 0.230. The van der Waals surface area contributed by atoms with Crippen molar-refractivity contribution in [2.45, 2.75) is 56.9 Å². The molecule has 2 saturated heterocycles. The first-order chi connectivity index (χ1) is 16.1. The monoisotopic (exact) mass is 492 g/mol. The van der Waals surface area contributed by atoms with Crippen LogP contribution < -0.4 is 0 Å². The van der Waals surface area contributed by atoms with E-state index in [2.05, 4.69) is 0 Å². The van der Waals surface area contributed by atoms with Crippen molar-refractivity contribution in [2.24, 2.45) is 0 Å². The second-order valence-electron chi connectivity index (χ2n) is 8.63. The molecule has 0 bridgehead atoms. The molecule has 9 nitrogen and oxygen atoms in total. The van der Waals surface area contributed by atoms with Crippen LogP contribution in [0, 0.1) is 0 Å². The zero-order chi connectivity index (χ0) is 24.3. The van der Waals surface area contributed by atoms with Gasteiger partial charge in [0.15, 0.2) is 12.1 Å². The maximum Gasteiger partial charge on any atom is 0.338 e. The summed E-state index contributed by atoms with van der Waals surface area (Å²) in [5, 5.41) is 0. The molecular formula is C24H28O9S. The summed E-state index contributed by atoms with van der Waals surface area (Å²) in [6.07, 6.45) is -3.35. The second-order valence-corrected chi connectivity index (χ2v) is 10.2. The molecule has 2 aliphatic rings. The van der Waals surface area contributed by atoms with Gasteiger partial charge in [-0.2, -0.15) is 8.42 Å². The Hall–Kier alpha value is -2.34. The summed E-state index contributed by atoms with van der Waals surface area (Å²) in [6, 6.07) is 17.9. The van der Waals surface area contributed by atoms with Crippen molar-refractivity contribution in [3.63, 3.8) is 0 Å². The SMILES string of the molecule is CC1(C)O[C@H]2O[C@H]([C@H](COC(=O)c3ccccc3)OS(C)(=O)=O)C(OCc3ccccc3)[C@@H]2O1. The molecular weight excluding hydrogens is 464 g/mol. The average Bonchev–Trinajstić information content (AvgIpc) is 3.27. The van der Waals surface area contributed by atoms with Crippen LogP contribution in [-0.2, 0) is 44.6 Å². The molecule has 184 valence electrons. The molecule has 2 aromatic carbocycles. The van der Waals surface area contributed by atoms with Gasteiger partial charge in [0.2, 0.25) is 0 Å². The lowest BCUT2D eigenvalue weighted by molar-refractivity contribution is -0.230. The van der Waals surface area contributed by atoms with E-state index in [4.69, 9.17) is 27.9 Å². The third-order valence-corrected chi connectivity index (χ3v) is 5.96. The summed E-state index contributed by atoms with van der Waals surface area (Å²) >= 11 is 0. The van der Waals surface area contributed by atoms with Gasteiger partial charge >= 0.3 is 5.97 Å². The average molecular weight is 493 g/mol. The minimum atomic E-state index is -3.92. The lowest BCUT2D eigenvalue weighted by Crippen LogP contribution is -2.46. The lowest BCUT2D eigenvalue weighted by atomic mass is 10.1. The molecule has 0 amide bonds. The first kappa shape index (κ1) is 24.8. The standard InChI is InChI=1S/C24H28O9S/c1-24(2)31-21-20(28-14-16-10-6-4-7-11-16)19(30-23(21)32-24)18(33-34(3,26)27)15-29-22(25)17-12-8-5-9-13-17/h4-13,18-21,23H,14-15H2,1-3H3/t18-,19+,20?,21-,23+/m0/s1. The van der Waals surface area contributed by atoms with Crippen molar-refractivity contribution >= 4 is 16.1 Å². The largest absolute Gasteiger partial charge is 0.459 e. The number of carbonyl (C=O) groups is 1. The van der Waals surface area contributed by atoms with Gasteiger partial charge in [-0.3, -0.25) is 4.18 Å². The molecule has 0 N–H and O–H groups in total. The fourth-order valence-corrected chi connectivity index (χ4v) is 4.59. The maximum atomic E-state index is 12.5. The Morgan fingerprint density at radius 1 is 1.03 bits per heavy atom. The van der Waals surface area contributed by atoms with E-state index in [1.165, 1.54) is 0 Å². The van der Waals surface area contributed by atoms with Crippen LogP contribution in [0.5, 0.6) is 0 Å². The van der Waals surface area contributed by atoms with E-state index in [0.717, 1.165) is 11.8 Å². The van der Waals surface area contributed by atoms with Gasteiger partial charge in [0, 0.05) is 0 Å². The van der Waals surface area contributed by atoms with Crippen LogP contribution in [0.3, 0.4) is 0 Å². The smallest absolute Gasteiger partial charge is 0.338 e. The van der Waals surface area contributed by atoms with E-state index < -0.39 is 52.6 Å². The predicted octanol–water partition coefficient (Wildman–Crippen LogP) is 2.65. The third-order valence-electron chi connectivity index (χ3n) is 5.37. The molecule has 2 heterocycles. The quantitative estimate of drug-likeness (QED) is 0.386. The van der Waals surface area contributed by atoms with Crippen LogP contribution in [0.1, 0.15) is 29.8 Å². The molecule has 10 heteroatoms. The summed E-state index contributed by atoms with van der Waals surface area (Å²) in [5.41, 5.74) is 1.24. The molecule has 5 atom stereocenters. The Morgan fingerprint density at radius 3 is 2.32 bits per heavy atom. The maximum absolute atomic E-state index is 12.5. The first-order valence-corrected chi connectivity index (χ1v) is 12.7. The fraction of sp³-hybridized carbons (Fsp3) is 0.458. The van der Waals surface area contributed by atoms with Gasteiger partial charge in [-0.25, -0.2) is 4.79 Å². The molecule has 0 aliphatic carbocycles. The minimum Gasteiger partial charge on any atom is -0.459 e. The van der Waals surface area contributed by atoms with Gasteiger partial charge in [-0.05, 0) is 31.5 Å². The molecule has 2 aromatic rings. The van der Waals surface area contributed by atoms with Crippen molar-refractivity contribution in [1.29, 1.82) is 0 Å². The number of fused-ring (bicyclic) bond motifs is 1. The van der Waals surface area contributed by atoms with Crippen LogP contribution in [0.25, 0.3) is 0 Å². The normalized spacial score (nSPS) is 26.7. The van der Waals surface area contributed by atoms with Crippen molar-refractivity contribution in [3.05, 3.63) is 71.8 Å². The van der Waals surface area contributed by atoms with E-state index in [1.54, 1.807) is 44.2 Å². The molecule has 0 saturated carbocycles. The third kappa shape index (κ3) is 6.21. The van der Waals surface area contributed by atoms with Gasteiger partial charge in [0.25, 0.3) is 10.1 Å². The van der Waals surface area contributed by atoms with E-state index in [0.29, 0.717) is 5.56 Å². The number of hydrogen-bond donors (Lipinski definition) is 0. The van der Waals surface area contributed by atoms with Gasteiger partial charge in [-0.15, -0.1) is 0 Å². The highest BCUT2D eigenvalue weighted by molar-refractivity contribution is 7.86. The molecule has 2 aliphatic heterocycles. The number of hydrogen-bond acceptors (Lipinski definition) is 9. The van der Waals surface area contributed by atoms with Gasteiger partial charge in [-0.1, -0.05) is 48.5 Å².